The van der Waals surface area contributed by atoms with Gasteiger partial charge < -0.3 is 5.32 Å². The standard InChI is InChI=1S/C13H22BrNS/c1-5-13(4,9-15-10(2)3)8-11-6-7-12(14)16-11/h6-7,10,15H,5,8-9H2,1-4H3. The predicted octanol–water partition coefficient (Wildman–Crippen LogP) is 4.47. The van der Waals surface area contributed by atoms with Crippen molar-refractivity contribution >= 4 is 27.3 Å². The summed E-state index contributed by atoms with van der Waals surface area (Å²) in [5.41, 5.74) is 0.370. The summed E-state index contributed by atoms with van der Waals surface area (Å²) in [4.78, 5) is 1.47. The molecule has 1 aromatic rings. The summed E-state index contributed by atoms with van der Waals surface area (Å²) in [6, 6.07) is 4.95. The lowest BCUT2D eigenvalue weighted by molar-refractivity contribution is 0.283. The van der Waals surface area contributed by atoms with Crippen LogP contribution in [0.1, 0.15) is 39.0 Å². The van der Waals surface area contributed by atoms with Gasteiger partial charge in [-0.3, -0.25) is 0 Å². The molecular weight excluding hydrogens is 282 g/mol. The van der Waals surface area contributed by atoms with Gasteiger partial charge in [0.1, 0.15) is 0 Å². The van der Waals surface area contributed by atoms with E-state index in [1.54, 1.807) is 0 Å². The van der Waals surface area contributed by atoms with Crippen LogP contribution in [0.15, 0.2) is 15.9 Å². The van der Waals surface area contributed by atoms with Gasteiger partial charge in [0.2, 0.25) is 0 Å². The van der Waals surface area contributed by atoms with Crippen LogP contribution < -0.4 is 5.32 Å². The third kappa shape index (κ3) is 4.56. The lowest BCUT2D eigenvalue weighted by Crippen LogP contribution is -2.36. The average molecular weight is 304 g/mol. The minimum Gasteiger partial charge on any atom is -0.314 e. The van der Waals surface area contributed by atoms with Crippen LogP contribution in [0.5, 0.6) is 0 Å². The first kappa shape index (κ1) is 14.2. The van der Waals surface area contributed by atoms with Crippen molar-refractivity contribution in [2.45, 2.75) is 46.6 Å². The van der Waals surface area contributed by atoms with E-state index in [9.17, 15) is 0 Å². The zero-order valence-electron chi connectivity index (χ0n) is 10.6. The maximum atomic E-state index is 3.56. The highest BCUT2D eigenvalue weighted by atomic mass is 79.9. The molecule has 0 bridgehead atoms. The molecule has 16 heavy (non-hydrogen) atoms. The van der Waals surface area contributed by atoms with Crippen LogP contribution in [0.4, 0.5) is 0 Å². The van der Waals surface area contributed by atoms with E-state index in [4.69, 9.17) is 0 Å². The molecule has 1 unspecified atom stereocenters. The molecule has 0 aliphatic carbocycles. The Hall–Kier alpha value is 0.140. The number of hydrogen-bond acceptors (Lipinski definition) is 2. The third-order valence-electron chi connectivity index (χ3n) is 3.02. The highest BCUT2D eigenvalue weighted by molar-refractivity contribution is 9.11. The van der Waals surface area contributed by atoms with Gasteiger partial charge in [0.25, 0.3) is 0 Å². The first-order valence-corrected chi connectivity index (χ1v) is 7.54. The quantitative estimate of drug-likeness (QED) is 0.818. The molecule has 0 aromatic carbocycles. The highest BCUT2D eigenvalue weighted by Crippen LogP contribution is 2.31. The van der Waals surface area contributed by atoms with E-state index in [-0.39, 0.29) is 0 Å². The Labute approximate surface area is 112 Å². The van der Waals surface area contributed by atoms with Crippen LogP contribution in [0.3, 0.4) is 0 Å². The zero-order valence-corrected chi connectivity index (χ0v) is 13.0. The van der Waals surface area contributed by atoms with E-state index in [1.165, 1.54) is 21.5 Å². The minimum absolute atomic E-state index is 0.370. The van der Waals surface area contributed by atoms with Gasteiger partial charge in [0, 0.05) is 17.5 Å². The summed E-state index contributed by atoms with van der Waals surface area (Å²) in [7, 11) is 0. The summed E-state index contributed by atoms with van der Waals surface area (Å²) >= 11 is 5.38. The lowest BCUT2D eigenvalue weighted by Gasteiger charge is -2.29. The Morgan fingerprint density at radius 2 is 2.12 bits per heavy atom. The molecule has 0 aliphatic rings. The lowest BCUT2D eigenvalue weighted by atomic mass is 9.83. The summed E-state index contributed by atoms with van der Waals surface area (Å²) < 4.78 is 1.23. The fourth-order valence-corrected chi connectivity index (χ4v) is 3.33. The molecule has 1 N–H and O–H groups in total. The Morgan fingerprint density at radius 1 is 1.44 bits per heavy atom. The largest absolute Gasteiger partial charge is 0.314 e. The topological polar surface area (TPSA) is 12.0 Å². The van der Waals surface area contributed by atoms with Crippen LogP contribution >= 0.6 is 27.3 Å². The molecule has 3 heteroatoms. The highest BCUT2D eigenvalue weighted by Gasteiger charge is 2.23. The van der Waals surface area contributed by atoms with Crippen LogP contribution in [-0.4, -0.2) is 12.6 Å². The van der Waals surface area contributed by atoms with Gasteiger partial charge in [-0.25, -0.2) is 0 Å². The first-order chi connectivity index (χ1) is 7.45. The molecule has 0 aliphatic heterocycles. The number of nitrogens with one attached hydrogen (secondary N) is 1. The maximum absolute atomic E-state index is 3.56. The molecule has 0 saturated carbocycles. The number of thiophene rings is 1. The molecule has 0 spiro atoms. The Kier molecular flexibility index (Phi) is 5.48. The van der Waals surface area contributed by atoms with Crippen molar-refractivity contribution in [2.24, 2.45) is 5.41 Å². The predicted molar refractivity (Wildman–Crippen MR) is 77.3 cm³/mol. The van der Waals surface area contributed by atoms with Crippen LogP contribution in [0, 0.1) is 5.41 Å². The summed E-state index contributed by atoms with van der Waals surface area (Å²) in [5.74, 6) is 0. The van der Waals surface area contributed by atoms with Crippen molar-refractivity contribution in [3.05, 3.63) is 20.8 Å². The van der Waals surface area contributed by atoms with E-state index in [2.05, 4.69) is 61.1 Å². The fraction of sp³-hybridized carbons (Fsp3) is 0.692. The molecule has 0 radical (unpaired) electrons. The molecule has 1 rings (SSSR count). The van der Waals surface area contributed by atoms with Crippen molar-refractivity contribution in [3.63, 3.8) is 0 Å². The van der Waals surface area contributed by atoms with Gasteiger partial charge in [0.15, 0.2) is 0 Å². The molecule has 1 heterocycles. The molecule has 0 saturated heterocycles. The molecule has 1 aromatic heterocycles. The third-order valence-corrected chi connectivity index (χ3v) is 4.64. The molecule has 92 valence electrons. The molecule has 0 fully saturated rings. The second kappa shape index (κ2) is 6.18. The Morgan fingerprint density at radius 3 is 2.56 bits per heavy atom. The maximum Gasteiger partial charge on any atom is 0.0701 e. The van der Waals surface area contributed by atoms with Crippen LogP contribution in [0.2, 0.25) is 0 Å². The Bertz CT molecular complexity index is 321. The Balaban J connectivity index is 2.58. The van der Waals surface area contributed by atoms with E-state index in [0.29, 0.717) is 11.5 Å². The summed E-state index contributed by atoms with van der Waals surface area (Å²) in [5, 5.41) is 3.56. The number of halogens is 1. The SMILES string of the molecule is CCC(C)(CNC(C)C)Cc1ccc(Br)s1. The second-order valence-electron chi connectivity index (χ2n) is 5.08. The van der Waals surface area contributed by atoms with Crippen molar-refractivity contribution in [3.8, 4) is 0 Å². The molecular formula is C13H22BrNS. The summed E-state index contributed by atoms with van der Waals surface area (Å²) in [6.45, 7) is 10.2. The number of rotatable bonds is 6. The molecule has 1 atom stereocenters. The minimum atomic E-state index is 0.370. The molecule has 0 amide bonds. The van der Waals surface area contributed by atoms with Crippen molar-refractivity contribution in [2.75, 3.05) is 6.54 Å². The van der Waals surface area contributed by atoms with Gasteiger partial charge in [0.05, 0.1) is 3.79 Å². The van der Waals surface area contributed by atoms with Crippen LogP contribution in [-0.2, 0) is 6.42 Å². The monoisotopic (exact) mass is 303 g/mol. The van der Waals surface area contributed by atoms with Gasteiger partial charge >= 0.3 is 0 Å². The molecule has 1 nitrogen and oxygen atoms in total. The van der Waals surface area contributed by atoms with E-state index in [1.807, 2.05) is 11.3 Å². The van der Waals surface area contributed by atoms with Gasteiger partial charge in [-0.1, -0.05) is 27.7 Å². The van der Waals surface area contributed by atoms with Crippen molar-refractivity contribution in [1.29, 1.82) is 0 Å². The van der Waals surface area contributed by atoms with Crippen molar-refractivity contribution < 1.29 is 0 Å². The first-order valence-electron chi connectivity index (χ1n) is 5.93. The average Bonchev–Trinajstić information content (AvgIpc) is 2.61. The van der Waals surface area contributed by atoms with E-state index < -0.39 is 0 Å². The second-order valence-corrected chi connectivity index (χ2v) is 7.63. The summed E-state index contributed by atoms with van der Waals surface area (Å²) in [6.07, 6.45) is 2.38. The van der Waals surface area contributed by atoms with Crippen molar-refractivity contribution in [1.82, 2.24) is 5.32 Å². The van der Waals surface area contributed by atoms with Gasteiger partial charge in [-0.05, 0) is 46.3 Å². The fourth-order valence-electron chi connectivity index (χ4n) is 1.63. The van der Waals surface area contributed by atoms with Gasteiger partial charge in [-0.15, -0.1) is 11.3 Å². The number of hydrogen-bond donors (Lipinski definition) is 1. The normalized spacial score (nSPS) is 15.4. The van der Waals surface area contributed by atoms with E-state index >= 15 is 0 Å². The van der Waals surface area contributed by atoms with Crippen LogP contribution in [0.25, 0.3) is 0 Å². The smallest absolute Gasteiger partial charge is 0.0701 e. The van der Waals surface area contributed by atoms with E-state index in [0.717, 1.165) is 6.54 Å². The van der Waals surface area contributed by atoms with Gasteiger partial charge in [-0.2, -0.15) is 0 Å². The zero-order chi connectivity index (χ0) is 12.2.